The van der Waals surface area contributed by atoms with E-state index in [0.717, 1.165) is 17.6 Å². The van der Waals surface area contributed by atoms with Crippen LogP contribution < -0.4 is 19.1 Å². The third kappa shape index (κ3) is 6.67. The highest BCUT2D eigenvalue weighted by atomic mass is 32.2. The Morgan fingerprint density at radius 3 is 2.31 bits per heavy atom. The van der Waals surface area contributed by atoms with Crippen LogP contribution in [0.4, 0.5) is 5.69 Å². The van der Waals surface area contributed by atoms with Gasteiger partial charge in [0.25, 0.3) is 5.91 Å². The van der Waals surface area contributed by atoms with Gasteiger partial charge in [0.15, 0.2) is 6.10 Å². The number of anilines is 1. The number of rotatable bonds is 9. The number of nitrogens with one attached hydrogen (secondary N) is 1. The van der Waals surface area contributed by atoms with Gasteiger partial charge in [-0.3, -0.25) is 9.10 Å². The number of benzene rings is 2. The van der Waals surface area contributed by atoms with Gasteiger partial charge in [-0.2, -0.15) is 0 Å². The molecule has 2 aromatic rings. The summed E-state index contributed by atoms with van der Waals surface area (Å²) in [5.41, 5.74) is 1.55. The number of hydrogen-bond acceptors (Lipinski definition) is 5. The number of carbonyl (C=O) groups is 1. The number of hydrogen-bond donors (Lipinski definition) is 1. The lowest BCUT2D eigenvalue weighted by atomic mass is 10.2. The molecule has 1 N–H and O–H groups in total. The fourth-order valence-corrected chi connectivity index (χ4v) is 3.02. The zero-order chi connectivity index (χ0) is 21.6. The number of carbonyl (C=O) groups excluding carboxylic acids is 1. The molecule has 2 atom stereocenters. The molecule has 0 aliphatic rings. The molecule has 0 heterocycles. The van der Waals surface area contributed by atoms with Crippen molar-refractivity contribution in [1.29, 1.82) is 0 Å². The minimum Gasteiger partial charge on any atom is -0.491 e. The molecule has 0 fully saturated rings. The molecular formula is C21H28N2O5S. The van der Waals surface area contributed by atoms with Crippen LogP contribution in [0, 0.1) is 6.92 Å². The molecule has 7 nitrogen and oxygen atoms in total. The first kappa shape index (κ1) is 22.5. The molecule has 8 heteroatoms. The molecular weight excluding hydrogens is 392 g/mol. The van der Waals surface area contributed by atoms with Crippen LogP contribution in [0.3, 0.4) is 0 Å². The molecule has 2 aromatic carbocycles. The van der Waals surface area contributed by atoms with E-state index in [2.05, 4.69) is 5.32 Å². The van der Waals surface area contributed by atoms with Crippen LogP contribution >= 0.6 is 0 Å². The summed E-state index contributed by atoms with van der Waals surface area (Å²) in [7, 11) is -1.86. The normalized spacial score (nSPS) is 13.3. The molecule has 2 rings (SSSR count). The van der Waals surface area contributed by atoms with Gasteiger partial charge < -0.3 is 14.8 Å². The van der Waals surface area contributed by atoms with E-state index in [0.29, 0.717) is 18.0 Å². The van der Waals surface area contributed by atoms with Gasteiger partial charge in [-0.05, 0) is 56.7 Å². The van der Waals surface area contributed by atoms with Crippen LogP contribution in [-0.2, 0) is 14.8 Å². The number of nitrogens with zero attached hydrogens (tertiary/aromatic N) is 1. The molecule has 0 aliphatic heterocycles. The van der Waals surface area contributed by atoms with E-state index in [9.17, 15) is 13.2 Å². The van der Waals surface area contributed by atoms with Crippen LogP contribution in [-0.4, -0.2) is 46.4 Å². The molecule has 0 saturated carbocycles. The summed E-state index contributed by atoms with van der Waals surface area (Å²) >= 11 is 0. The van der Waals surface area contributed by atoms with E-state index in [1.165, 1.54) is 11.4 Å². The first-order valence-electron chi connectivity index (χ1n) is 9.27. The first-order chi connectivity index (χ1) is 13.6. The number of aryl methyl sites for hydroxylation is 1. The molecule has 1 amide bonds. The Hall–Kier alpha value is -2.74. The minimum absolute atomic E-state index is 0.195. The Labute approximate surface area is 172 Å². The van der Waals surface area contributed by atoms with E-state index in [-0.39, 0.29) is 11.9 Å². The first-order valence-corrected chi connectivity index (χ1v) is 11.1. The van der Waals surface area contributed by atoms with Crippen LogP contribution in [0.5, 0.6) is 11.5 Å². The van der Waals surface area contributed by atoms with Gasteiger partial charge in [-0.15, -0.1) is 0 Å². The molecule has 0 aromatic heterocycles. The van der Waals surface area contributed by atoms with E-state index in [1.54, 1.807) is 31.2 Å². The minimum atomic E-state index is -3.33. The highest BCUT2D eigenvalue weighted by Gasteiger charge is 2.18. The number of amides is 1. The largest absolute Gasteiger partial charge is 0.491 e. The molecule has 0 radical (unpaired) electrons. The Morgan fingerprint density at radius 1 is 1.10 bits per heavy atom. The number of para-hydroxylation sites is 1. The zero-order valence-electron chi connectivity index (χ0n) is 17.4. The predicted molar refractivity (Wildman–Crippen MR) is 114 cm³/mol. The molecule has 0 unspecified atom stereocenters. The van der Waals surface area contributed by atoms with Crippen LogP contribution in [0.1, 0.15) is 19.4 Å². The maximum Gasteiger partial charge on any atom is 0.261 e. The molecule has 0 spiro atoms. The average Bonchev–Trinajstić information content (AvgIpc) is 2.66. The second-order valence-corrected chi connectivity index (χ2v) is 8.98. The Bertz CT molecular complexity index is 928. The molecule has 0 saturated heterocycles. The summed E-state index contributed by atoms with van der Waals surface area (Å²) in [4.78, 5) is 12.4. The van der Waals surface area contributed by atoms with Crippen molar-refractivity contribution < 1.29 is 22.7 Å². The number of ether oxygens (including phenoxy) is 2. The summed E-state index contributed by atoms with van der Waals surface area (Å²) in [5.74, 6) is 1.00. The Morgan fingerprint density at radius 2 is 1.72 bits per heavy atom. The highest BCUT2D eigenvalue weighted by molar-refractivity contribution is 7.92. The van der Waals surface area contributed by atoms with Crippen molar-refractivity contribution in [3.8, 4) is 11.5 Å². The predicted octanol–water partition coefficient (Wildman–Crippen LogP) is 2.74. The summed E-state index contributed by atoms with van der Waals surface area (Å²) < 4.78 is 35.7. The van der Waals surface area contributed by atoms with E-state index < -0.39 is 16.1 Å². The third-order valence-corrected chi connectivity index (χ3v) is 5.56. The van der Waals surface area contributed by atoms with Gasteiger partial charge in [0.2, 0.25) is 10.0 Å². The summed E-state index contributed by atoms with van der Waals surface area (Å²) in [6.07, 6.45) is 0.419. The molecule has 0 aliphatic carbocycles. The molecule has 158 valence electrons. The van der Waals surface area contributed by atoms with Crippen molar-refractivity contribution in [1.82, 2.24) is 5.32 Å². The van der Waals surface area contributed by atoms with E-state index in [1.807, 2.05) is 38.1 Å². The van der Waals surface area contributed by atoms with Crippen molar-refractivity contribution in [2.45, 2.75) is 32.9 Å². The van der Waals surface area contributed by atoms with Crippen LogP contribution in [0.25, 0.3) is 0 Å². The smallest absolute Gasteiger partial charge is 0.261 e. The lowest BCUT2D eigenvalue weighted by molar-refractivity contribution is -0.128. The maximum absolute atomic E-state index is 12.4. The fourth-order valence-electron chi connectivity index (χ4n) is 2.52. The lowest BCUT2D eigenvalue weighted by Crippen LogP contribution is -2.43. The Balaban J connectivity index is 1.86. The quantitative estimate of drug-likeness (QED) is 0.674. The van der Waals surface area contributed by atoms with Crippen molar-refractivity contribution in [2.24, 2.45) is 0 Å². The van der Waals surface area contributed by atoms with Crippen molar-refractivity contribution in [3.63, 3.8) is 0 Å². The van der Waals surface area contributed by atoms with Crippen LogP contribution in [0.2, 0.25) is 0 Å². The van der Waals surface area contributed by atoms with Crippen molar-refractivity contribution >= 4 is 21.6 Å². The number of sulfonamides is 1. The SMILES string of the molecule is Cc1ccccc1OC[C@@H](C)NC(=O)[C@@H](C)Oc1ccc(N(C)S(C)(=O)=O)cc1. The Kier molecular flexibility index (Phi) is 7.50. The monoisotopic (exact) mass is 420 g/mol. The zero-order valence-corrected chi connectivity index (χ0v) is 18.2. The van der Waals surface area contributed by atoms with Crippen molar-refractivity contribution in [2.75, 3.05) is 24.2 Å². The highest BCUT2D eigenvalue weighted by Crippen LogP contribution is 2.21. The third-order valence-electron chi connectivity index (χ3n) is 4.35. The lowest BCUT2D eigenvalue weighted by Gasteiger charge is -2.20. The van der Waals surface area contributed by atoms with Crippen LogP contribution in [0.15, 0.2) is 48.5 Å². The summed E-state index contributed by atoms with van der Waals surface area (Å²) in [6.45, 7) is 5.82. The molecule has 0 bridgehead atoms. The van der Waals surface area contributed by atoms with Gasteiger partial charge in [-0.25, -0.2) is 8.42 Å². The van der Waals surface area contributed by atoms with Gasteiger partial charge >= 0.3 is 0 Å². The van der Waals surface area contributed by atoms with Gasteiger partial charge in [0.05, 0.1) is 18.0 Å². The summed E-state index contributed by atoms with van der Waals surface area (Å²) in [5, 5.41) is 2.86. The second-order valence-electron chi connectivity index (χ2n) is 6.97. The topological polar surface area (TPSA) is 84.9 Å². The second kappa shape index (κ2) is 9.65. The van der Waals surface area contributed by atoms with Gasteiger partial charge in [0, 0.05) is 7.05 Å². The molecule has 29 heavy (non-hydrogen) atoms. The van der Waals surface area contributed by atoms with E-state index in [4.69, 9.17) is 9.47 Å². The maximum atomic E-state index is 12.4. The van der Waals surface area contributed by atoms with Gasteiger partial charge in [0.1, 0.15) is 18.1 Å². The average molecular weight is 421 g/mol. The summed E-state index contributed by atoms with van der Waals surface area (Å²) in [6, 6.07) is 14.0. The fraction of sp³-hybridized carbons (Fsp3) is 0.381. The van der Waals surface area contributed by atoms with Gasteiger partial charge in [-0.1, -0.05) is 18.2 Å². The van der Waals surface area contributed by atoms with E-state index >= 15 is 0 Å². The standard InChI is InChI=1S/C21H28N2O5S/c1-15-8-6-7-9-20(15)27-14-16(2)22-21(24)17(3)28-19-12-10-18(11-13-19)23(4)29(5,25)26/h6-13,16-17H,14H2,1-5H3,(H,22,24)/t16-,17-/m1/s1. The van der Waals surface area contributed by atoms with Crippen molar-refractivity contribution in [3.05, 3.63) is 54.1 Å².